The maximum absolute atomic E-state index is 13.9. The van der Waals surface area contributed by atoms with Gasteiger partial charge in [-0.15, -0.1) is 0 Å². The van der Waals surface area contributed by atoms with Crippen LogP contribution in [0.15, 0.2) is 48.5 Å². The number of hydrogen-bond donors (Lipinski definition) is 1. The molecule has 162 valence electrons. The first kappa shape index (κ1) is 21.2. The summed E-state index contributed by atoms with van der Waals surface area (Å²) < 4.78 is 19.3. The van der Waals surface area contributed by atoms with Crippen molar-refractivity contribution < 1.29 is 14.2 Å². The molecule has 2 heterocycles. The first-order valence-electron chi connectivity index (χ1n) is 10.7. The van der Waals surface area contributed by atoms with Crippen LogP contribution < -0.4 is 4.74 Å². The molecule has 2 aromatic carbocycles. The van der Waals surface area contributed by atoms with E-state index >= 15 is 0 Å². The fourth-order valence-corrected chi connectivity index (χ4v) is 4.85. The Bertz CT molecular complexity index is 842. The number of halogens is 1. The van der Waals surface area contributed by atoms with Crippen LogP contribution in [0.2, 0.25) is 0 Å². The van der Waals surface area contributed by atoms with Gasteiger partial charge in [-0.2, -0.15) is 0 Å². The second kappa shape index (κ2) is 9.02. The molecule has 0 amide bonds. The van der Waals surface area contributed by atoms with Crippen LogP contribution >= 0.6 is 0 Å². The minimum absolute atomic E-state index is 0.0121. The molecule has 0 bridgehead atoms. The summed E-state index contributed by atoms with van der Waals surface area (Å²) in [5.74, 6) is 0.454. The molecule has 0 aliphatic carbocycles. The Morgan fingerprint density at radius 1 is 1.07 bits per heavy atom. The molecule has 2 saturated heterocycles. The van der Waals surface area contributed by atoms with Crippen molar-refractivity contribution in [3.8, 4) is 5.75 Å². The molecule has 2 aromatic rings. The number of hydrogen-bond acceptors (Lipinski definition) is 5. The van der Waals surface area contributed by atoms with Gasteiger partial charge in [0.05, 0.1) is 13.2 Å². The van der Waals surface area contributed by atoms with Gasteiger partial charge >= 0.3 is 0 Å². The minimum Gasteiger partial charge on any atom is -0.496 e. The van der Waals surface area contributed by atoms with Crippen LogP contribution in [0.1, 0.15) is 17.5 Å². The molecule has 0 radical (unpaired) electrons. The Morgan fingerprint density at radius 2 is 1.80 bits per heavy atom. The van der Waals surface area contributed by atoms with Crippen molar-refractivity contribution in [3.05, 3.63) is 65.5 Å². The second-order valence-electron chi connectivity index (χ2n) is 8.59. The van der Waals surface area contributed by atoms with Crippen LogP contribution in [0, 0.1) is 5.82 Å². The van der Waals surface area contributed by atoms with Gasteiger partial charge in [0.2, 0.25) is 0 Å². The highest BCUT2D eigenvalue weighted by Crippen LogP contribution is 2.37. The smallest absolute Gasteiger partial charge is 0.123 e. The molecule has 2 aliphatic heterocycles. The highest BCUT2D eigenvalue weighted by Gasteiger charge is 2.46. The number of likely N-dealkylation sites (tertiary alicyclic amines) is 1. The molecule has 0 saturated carbocycles. The Kier molecular flexibility index (Phi) is 6.39. The van der Waals surface area contributed by atoms with Gasteiger partial charge in [0, 0.05) is 51.4 Å². The Balaban J connectivity index is 1.59. The van der Waals surface area contributed by atoms with E-state index in [2.05, 4.69) is 21.7 Å². The normalized spacial score (nSPS) is 26.6. The maximum Gasteiger partial charge on any atom is 0.123 e. The van der Waals surface area contributed by atoms with E-state index in [4.69, 9.17) is 4.74 Å². The maximum atomic E-state index is 13.9. The van der Waals surface area contributed by atoms with Crippen molar-refractivity contribution in [2.45, 2.75) is 24.6 Å². The first-order chi connectivity index (χ1) is 14.5. The number of piperazine rings is 1. The number of aliphatic hydroxyl groups is 1. The van der Waals surface area contributed by atoms with Gasteiger partial charge in [-0.3, -0.25) is 9.80 Å². The number of rotatable bonds is 5. The van der Waals surface area contributed by atoms with Gasteiger partial charge < -0.3 is 14.7 Å². The van der Waals surface area contributed by atoms with Crippen LogP contribution in [0.3, 0.4) is 0 Å². The lowest BCUT2D eigenvalue weighted by Crippen LogP contribution is -2.63. The molecule has 6 heteroatoms. The summed E-state index contributed by atoms with van der Waals surface area (Å²) in [6, 6.07) is 14.7. The summed E-state index contributed by atoms with van der Waals surface area (Å²) in [4.78, 5) is 7.08. The lowest BCUT2D eigenvalue weighted by atomic mass is 9.79. The quantitative estimate of drug-likeness (QED) is 0.816. The topological polar surface area (TPSA) is 39.2 Å². The van der Waals surface area contributed by atoms with Crippen LogP contribution in [0.5, 0.6) is 5.75 Å². The third-order valence-corrected chi connectivity index (χ3v) is 6.68. The van der Waals surface area contributed by atoms with Crippen molar-refractivity contribution in [1.29, 1.82) is 0 Å². The zero-order valence-corrected chi connectivity index (χ0v) is 17.9. The summed E-state index contributed by atoms with van der Waals surface area (Å²) in [6.07, 6.45) is 0.644. The zero-order chi connectivity index (χ0) is 21.1. The fourth-order valence-electron chi connectivity index (χ4n) is 4.85. The molecule has 2 atom stereocenters. The van der Waals surface area contributed by atoms with Crippen molar-refractivity contribution in [1.82, 2.24) is 14.7 Å². The van der Waals surface area contributed by atoms with E-state index in [1.165, 1.54) is 6.07 Å². The predicted molar refractivity (Wildman–Crippen MR) is 116 cm³/mol. The van der Waals surface area contributed by atoms with Gasteiger partial charge in [-0.25, -0.2) is 4.39 Å². The largest absolute Gasteiger partial charge is 0.496 e. The third-order valence-electron chi connectivity index (χ3n) is 6.68. The fraction of sp³-hybridized carbons (Fsp3) is 0.500. The highest BCUT2D eigenvalue weighted by molar-refractivity contribution is 5.34. The highest BCUT2D eigenvalue weighted by atomic mass is 19.1. The van der Waals surface area contributed by atoms with Gasteiger partial charge in [0.25, 0.3) is 0 Å². The minimum atomic E-state index is -0.889. The van der Waals surface area contributed by atoms with E-state index in [1.54, 1.807) is 19.2 Å². The molecule has 5 nitrogen and oxygen atoms in total. The molecular formula is C24H32FN3O2. The number of nitrogens with zero attached hydrogens (tertiary/aromatic N) is 3. The van der Waals surface area contributed by atoms with E-state index in [9.17, 15) is 9.50 Å². The molecule has 0 spiro atoms. The average molecular weight is 414 g/mol. The molecule has 1 N–H and O–H groups in total. The van der Waals surface area contributed by atoms with Crippen molar-refractivity contribution >= 4 is 0 Å². The van der Waals surface area contributed by atoms with Crippen LogP contribution in [-0.4, -0.2) is 79.3 Å². The van der Waals surface area contributed by atoms with Crippen LogP contribution in [-0.2, 0) is 12.1 Å². The summed E-state index contributed by atoms with van der Waals surface area (Å²) in [5.41, 5.74) is 0.941. The van der Waals surface area contributed by atoms with E-state index in [0.717, 1.165) is 50.4 Å². The van der Waals surface area contributed by atoms with Crippen LogP contribution in [0.25, 0.3) is 0 Å². The molecule has 30 heavy (non-hydrogen) atoms. The SMILES string of the molecule is COc1ccc(F)cc1CN1CC[C@](O)(c2ccccc2)[C@H](N2CCN(C)CC2)C1. The Hall–Kier alpha value is -1.99. The van der Waals surface area contributed by atoms with Gasteiger partial charge in [0.1, 0.15) is 17.2 Å². The molecule has 0 aromatic heterocycles. The van der Waals surface area contributed by atoms with Crippen LogP contribution in [0.4, 0.5) is 4.39 Å². The molecular weight excluding hydrogens is 381 g/mol. The van der Waals surface area contributed by atoms with E-state index in [-0.39, 0.29) is 11.9 Å². The second-order valence-corrected chi connectivity index (χ2v) is 8.59. The lowest BCUT2D eigenvalue weighted by molar-refractivity contribution is -0.108. The first-order valence-corrected chi connectivity index (χ1v) is 10.7. The predicted octanol–water partition coefficient (Wildman–Crippen LogP) is 2.54. The standard InChI is InChI=1S/C24H32FN3O2/c1-26-12-14-28(15-13-26)23-18-27(17-19-16-21(25)8-9-22(19)30-2)11-10-24(23,29)20-6-4-3-5-7-20/h3-9,16,23,29H,10-15,17-18H2,1-2H3/t23-,24+/m1/s1. The molecule has 4 rings (SSSR count). The summed E-state index contributed by atoms with van der Waals surface area (Å²) in [6.45, 7) is 5.96. The number of benzene rings is 2. The van der Waals surface area contributed by atoms with Crippen molar-refractivity contribution in [3.63, 3.8) is 0 Å². The summed E-state index contributed by atoms with van der Waals surface area (Å²) >= 11 is 0. The van der Waals surface area contributed by atoms with E-state index < -0.39 is 5.60 Å². The van der Waals surface area contributed by atoms with Gasteiger partial charge in [0.15, 0.2) is 0 Å². The molecule has 2 fully saturated rings. The summed E-state index contributed by atoms with van der Waals surface area (Å²) in [7, 11) is 3.76. The summed E-state index contributed by atoms with van der Waals surface area (Å²) in [5, 5.41) is 11.9. The third kappa shape index (κ3) is 4.37. The van der Waals surface area contributed by atoms with E-state index in [0.29, 0.717) is 18.7 Å². The number of methoxy groups -OCH3 is 1. The average Bonchev–Trinajstić information content (AvgIpc) is 2.77. The number of ether oxygens (including phenoxy) is 1. The Labute approximate surface area is 178 Å². The van der Waals surface area contributed by atoms with Crippen molar-refractivity contribution in [2.24, 2.45) is 0 Å². The lowest BCUT2D eigenvalue weighted by Gasteiger charge is -2.51. The monoisotopic (exact) mass is 413 g/mol. The Morgan fingerprint density at radius 3 is 2.50 bits per heavy atom. The van der Waals surface area contributed by atoms with E-state index in [1.807, 2.05) is 30.3 Å². The molecule has 0 unspecified atom stereocenters. The number of likely N-dealkylation sites (N-methyl/N-ethyl adjacent to an activating group) is 1. The zero-order valence-electron chi connectivity index (χ0n) is 17.9. The van der Waals surface area contributed by atoms with Gasteiger partial charge in [-0.05, 0) is 37.2 Å². The van der Waals surface area contributed by atoms with Crippen molar-refractivity contribution in [2.75, 3.05) is 53.4 Å². The molecule has 2 aliphatic rings. The number of piperidine rings is 1. The van der Waals surface area contributed by atoms with Gasteiger partial charge in [-0.1, -0.05) is 30.3 Å².